The lowest BCUT2D eigenvalue weighted by atomic mass is 9.96. The summed E-state index contributed by atoms with van der Waals surface area (Å²) in [6.07, 6.45) is 4.10. The number of carbonyl (C=O) groups is 3. The van der Waals surface area contributed by atoms with Crippen molar-refractivity contribution < 1.29 is 14.4 Å². The summed E-state index contributed by atoms with van der Waals surface area (Å²) >= 11 is 6.41. The maximum absolute atomic E-state index is 12.7. The van der Waals surface area contributed by atoms with E-state index in [9.17, 15) is 14.4 Å². The summed E-state index contributed by atoms with van der Waals surface area (Å²) in [4.78, 5) is 40.9. The molecular formula is C21H27ClN4O3. The van der Waals surface area contributed by atoms with Crippen LogP contribution in [-0.4, -0.2) is 59.4 Å². The molecule has 2 unspecified atom stereocenters. The molecule has 7 nitrogen and oxygen atoms in total. The van der Waals surface area contributed by atoms with Gasteiger partial charge in [-0.25, -0.2) is 4.79 Å². The maximum Gasteiger partial charge on any atom is 0.325 e. The van der Waals surface area contributed by atoms with Crippen LogP contribution in [-0.2, 0) is 9.59 Å². The molecule has 3 fully saturated rings. The predicted octanol–water partition coefficient (Wildman–Crippen LogP) is 2.31. The Bertz CT molecular complexity index is 822. The van der Waals surface area contributed by atoms with Crippen molar-refractivity contribution in [3.8, 4) is 0 Å². The zero-order valence-corrected chi connectivity index (χ0v) is 17.4. The van der Waals surface area contributed by atoms with Gasteiger partial charge >= 0.3 is 6.03 Å². The van der Waals surface area contributed by atoms with Crippen molar-refractivity contribution in [2.75, 3.05) is 26.2 Å². The average molecular weight is 419 g/mol. The van der Waals surface area contributed by atoms with Gasteiger partial charge in [-0.2, -0.15) is 0 Å². The van der Waals surface area contributed by atoms with Crippen molar-refractivity contribution in [2.45, 2.75) is 44.2 Å². The number of nitrogens with one attached hydrogen (secondary N) is 2. The van der Waals surface area contributed by atoms with Crippen molar-refractivity contribution in [1.29, 1.82) is 0 Å². The van der Waals surface area contributed by atoms with Crippen molar-refractivity contribution in [2.24, 2.45) is 5.92 Å². The van der Waals surface area contributed by atoms with E-state index in [4.69, 9.17) is 11.6 Å². The lowest BCUT2D eigenvalue weighted by Gasteiger charge is -2.29. The van der Waals surface area contributed by atoms with Gasteiger partial charge in [0.1, 0.15) is 12.1 Å². The summed E-state index contributed by atoms with van der Waals surface area (Å²) in [6.45, 7) is 3.79. The number of nitrogens with zero attached hydrogens (tertiary/aromatic N) is 2. The smallest absolute Gasteiger partial charge is 0.325 e. The molecule has 3 aliphatic rings. The van der Waals surface area contributed by atoms with Gasteiger partial charge in [0, 0.05) is 11.6 Å². The largest absolute Gasteiger partial charge is 0.353 e. The van der Waals surface area contributed by atoms with Gasteiger partial charge in [0.2, 0.25) is 5.91 Å². The third-order valence-corrected chi connectivity index (χ3v) is 6.68. The number of urea groups is 1. The third-order valence-electron chi connectivity index (χ3n) is 6.33. The molecular weight excluding hydrogens is 392 g/mol. The highest BCUT2D eigenvalue weighted by atomic mass is 35.5. The number of amides is 4. The molecule has 1 aliphatic carbocycles. The van der Waals surface area contributed by atoms with Crippen LogP contribution in [0, 0.1) is 5.92 Å². The van der Waals surface area contributed by atoms with Gasteiger partial charge in [-0.05, 0) is 63.2 Å². The first-order valence-electron chi connectivity index (χ1n) is 10.3. The molecule has 2 N–H and O–H groups in total. The fraction of sp³-hybridized carbons (Fsp3) is 0.571. The van der Waals surface area contributed by atoms with Gasteiger partial charge in [-0.3, -0.25) is 19.4 Å². The fourth-order valence-corrected chi connectivity index (χ4v) is 4.70. The lowest BCUT2D eigenvalue weighted by Crippen LogP contribution is -2.47. The van der Waals surface area contributed by atoms with Crippen molar-refractivity contribution in [3.63, 3.8) is 0 Å². The molecule has 2 atom stereocenters. The summed E-state index contributed by atoms with van der Waals surface area (Å²) in [6, 6.07) is 7.15. The minimum Gasteiger partial charge on any atom is -0.353 e. The quantitative estimate of drug-likeness (QED) is 0.666. The molecule has 0 aromatic heterocycles. The standard InChI is InChI=1S/C21H27ClN4O3/c1-21(14-8-9-14)19(28)26(20(29)24-21)13-18(27)23-12-17(25-10-4-5-11-25)15-6-2-3-7-16(15)22/h2-3,6-7,14,17H,4-5,8-13H2,1H3,(H,23,27)(H,24,29). The Balaban J connectivity index is 1.40. The third kappa shape index (κ3) is 3.98. The number of likely N-dealkylation sites (tertiary alicyclic amines) is 1. The fourth-order valence-electron chi connectivity index (χ4n) is 4.44. The van der Waals surface area contributed by atoms with Gasteiger partial charge in [-0.1, -0.05) is 29.8 Å². The molecule has 1 aromatic carbocycles. The number of carbonyl (C=O) groups excluding carboxylic acids is 3. The van der Waals surface area contributed by atoms with Crippen LogP contribution in [0.15, 0.2) is 24.3 Å². The highest BCUT2D eigenvalue weighted by molar-refractivity contribution is 6.31. The van der Waals surface area contributed by atoms with Crippen LogP contribution in [0.3, 0.4) is 0 Å². The molecule has 0 bridgehead atoms. The topological polar surface area (TPSA) is 81.8 Å². The molecule has 2 heterocycles. The Morgan fingerprint density at radius 3 is 2.62 bits per heavy atom. The van der Waals surface area contributed by atoms with E-state index in [2.05, 4.69) is 15.5 Å². The zero-order valence-electron chi connectivity index (χ0n) is 16.6. The normalized spacial score (nSPS) is 25.9. The second-order valence-electron chi connectivity index (χ2n) is 8.38. The Morgan fingerprint density at radius 1 is 1.28 bits per heavy atom. The first-order chi connectivity index (χ1) is 13.9. The molecule has 2 aliphatic heterocycles. The number of hydrogen-bond donors (Lipinski definition) is 2. The van der Waals surface area contributed by atoms with Crippen molar-refractivity contribution >= 4 is 29.4 Å². The molecule has 0 radical (unpaired) electrons. The second-order valence-corrected chi connectivity index (χ2v) is 8.79. The highest BCUT2D eigenvalue weighted by Crippen LogP contribution is 2.42. The molecule has 2 saturated heterocycles. The van der Waals surface area contributed by atoms with Gasteiger partial charge in [0.25, 0.3) is 5.91 Å². The summed E-state index contributed by atoms with van der Waals surface area (Å²) in [5, 5.41) is 6.36. The number of hydrogen-bond acceptors (Lipinski definition) is 4. The molecule has 4 rings (SSSR count). The molecule has 1 saturated carbocycles. The molecule has 4 amide bonds. The van der Waals surface area contributed by atoms with E-state index in [1.54, 1.807) is 6.92 Å². The first-order valence-corrected chi connectivity index (χ1v) is 10.7. The first kappa shape index (κ1) is 20.2. The monoisotopic (exact) mass is 418 g/mol. The SMILES string of the molecule is CC1(C2CC2)NC(=O)N(CC(=O)NCC(c2ccccc2Cl)N2CCCC2)C1=O. The van der Waals surface area contributed by atoms with Crippen LogP contribution < -0.4 is 10.6 Å². The van der Waals surface area contributed by atoms with E-state index in [1.807, 2.05) is 24.3 Å². The van der Waals surface area contributed by atoms with E-state index >= 15 is 0 Å². The van der Waals surface area contributed by atoms with E-state index in [0.29, 0.717) is 11.6 Å². The van der Waals surface area contributed by atoms with Gasteiger partial charge in [-0.15, -0.1) is 0 Å². The summed E-state index contributed by atoms with van der Waals surface area (Å²) in [7, 11) is 0. The number of benzene rings is 1. The van der Waals surface area contributed by atoms with Crippen LogP contribution in [0.5, 0.6) is 0 Å². The number of rotatable bonds is 7. The van der Waals surface area contributed by atoms with E-state index < -0.39 is 11.6 Å². The van der Waals surface area contributed by atoms with Gasteiger partial charge < -0.3 is 10.6 Å². The minimum absolute atomic E-state index is 0.0324. The van der Waals surface area contributed by atoms with Gasteiger partial charge in [0.05, 0.1) is 6.04 Å². The van der Waals surface area contributed by atoms with Crippen molar-refractivity contribution in [1.82, 2.24) is 20.4 Å². The van der Waals surface area contributed by atoms with Crippen molar-refractivity contribution in [3.05, 3.63) is 34.9 Å². The van der Waals surface area contributed by atoms with Crippen LogP contribution in [0.4, 0.5) is 4.79 Å². The summed E-state index contributed by atoms with van der Waals surface area (Å²) < 4.78 is 0. The average Bonchev–Trinajstić information content (AvgIpc) is 3.38. The van der Waals surface area contributed by atoms with Gasteiger partial charge in [0.15, 0.2) is 0 Å². The molecule has 1 aromatic rings. The maximum atomic E-state index is 12.7. The van der Waals surface area contributed by atoms with Crippen LogP contribution in [0.25, 0.3) is 0 Å². The van der Waals surface area contributed by atoms with Crippen LogP contribution in [0.2, 0.25) is 5.02 Å². The predicted molar refractivity (Wildman–Crippen MR) is 109 cm³/mol. The Hall–Kier alpha value is -2.12. The number of imide groups is 1. The summed E-state index contributed by atoms with van der Waals surface area (Å²) in [5.41, 5.74) is 0.111. The molecule has 8 heteroatoms. The second kappa shape index (κ2) is 7.95. The van der Waals surface area contributed by atoms with Crippen LogP contribution >= 0.6 is 11.6 Å². The lowest BCUT2D eigenvalue weighted by molar-refractivity contribution is -0.135. The molecule has 156 valence electrons. The van der Waals surface area contributed by atoms with E-state index in [-0.39, 0.29) is 30.3 Å². The highest BCUT2D eigenvalue weighted by Gasteiger charge is 2.56. The molecule has 29 heavy (non-hydrogen) atoms. The minimum atomic E-state index is -0.868. The Kier molecular flexibility index (Phi) is 5.53. The molecule has 0 spiro atoms. The van der Waals surface area contributed by atoms with E-state index in [0.717, 1.165) is 49.2 Å². The van der Waals surface area contributed by atoms with E-state index in [1.165, 1.54) is 0 Å². The Morgan fingerprint density at radius 2 is 1.97 bits per heavy atom. The summed E-state index contributed by atoms with van der Waals surface area (Å²) in [5.74, 6) is -0.473. The number of halogens is 1. The van der Waals surface area contributed by atoms with Crippen LogP contribution in [0.1, 0.15) is 44.2 Å². The Labute approximate surface area is 175 Å². The zero-order chi connectivity index (χ0) is 20.6.